The quantitative estimate of drug-likeness (QED) is 0.429. The summed E-state index contributed by atoms with van der Waals surface area (Å²) < 4.78 is 21.3. The van der Waals surface area contributed by atoms with Crippen LogP contribution in [0.1, 0.15) is 49.9 Å². The average molecular weight is 505 g/mol. The van der Waals surface area contributed by atoms with Gasteiger partial charge in [-0.05, 0) is 45.6 Å². The Balaban J connectivity index is 1.63. The van der Waals surface area contributed by atoms with E-state index in [1.807, 2.05) is 0 Å². The molecule has 4 rings (SSSR count). The largest absolute Gasteiger partial charge is 0.387 e. The standard InChI is InChI=1S/C24H30ClFN6O3/c1-24(2,34)21(26)12-29-23(33)18-10-27-19(17-11-30-32-13-14(25)9-28-22(17)32)8-20(18)31-15-4-6-16(35-3)7-5-15/h8-11,13,15-16,21,34H,4-7,12H2,1-3H3,(H,27,31)(H,29,33)/t15-,16-,21-/m1/s1. The molecular weight excluding hydrogens is 475 g/mol. The van der Waals surface area contributed by atoms with Gasteiger partial charge in [0.15, 0.2) is 5.65 Å². The first-order valence-electron chi connectivity index (χ1n) is 11.6. The van der Waals surface area contributed by atoms with Crippen LogP contribution in [0.4, 0.5) is 10.1 Å². The number of nitrogens with one attached hydrogen (secondary N) is 2. The number of halogens is 2. The number of carbonyl (C=O) groups excluding carboxylic acids is 1. The second-order valence-corrected chi connectivity index (χ2v) is 9.84. The molecule has 1 aliphatic carbocycles. The molecule has 0 spiro atoms. The maximum Gasteiger partial charge on any atom is 0.255 e. The summed E-state index contributed by atoms with van der Waals surface area (Å²) in [5.74, 6) is -0.478. The SMILES string of the molecule is CO[C@H]1CC[C@H](Nc2cc(-c3cnn4cc(Cl)cnc34)ncc2C(=O)NC[C@@H](F)C(C)(C)O)CC1. The minimum absolute atomic E-state index is 0.148. The van der Waals surface area contributed by atoms with Gasteiger partial charge in [0.1, 0.15) is 6.17 Å². The lowest BCUT2D eigenvalue weighted by atomic mass is 9.92. The van der Waals surface area contributed by atoms with Crippen molar-refractivity contribution >= 4 is 28.8 Å². The maximum absolute atomic E-state index is 14.2. The van der Waals surface area contributed by atoms with Crippen molar-refractivity contribution in [3.8, 4) is 11.3 Å². The monoisotopic (exact) mass is 504 g/mol. The number of aliphatic hydroxyl groups is 1. The zero-order chi connectivity index (χ0) is 25.2. The Labute approximate surface area is 208 Å². The molecule has 1 fully saturated rings. The Kier molecular flexibility index (Phi) is 7.53. The Morgan fingerprint density at radius 2 is 2.03 bits per heavy atom. The molecule has 1 saturated carbocycles. The van der Waals surface area contributed by atoms with E-state index in [2.05, 4.69) is 25.7 Å². The van der Waals surface area contributed by atoms with Crippen LogP contribution in [-0.4, -0.2) is 68.2 Å². The predicted octanol–water partition coefficient (Wildman–Crippen LogP) is 3.65. The third-order valence-electron chi connectivity index (χ3n) is 6.33. The van der Waals surface area contributed by atoms with Gasteiger partial charge in [-0.25, -0.2) is 13.9 Å². The van der Waals surface area contributed by atoms with E-state index in [9.17, 15) is 14.3 Å². The van der Waals surface area contributed by atoms with E-state index in [1.54, 1.807) is 30.1 Å². The van der Waals surface area contributed by atoms with Gasteiger partial charge in [0.2, 0.25) is 0 Å². The summed E-state index contributed by atoms with van der Waals surface area (Å²) in [6, 6.07) is 1.93. The van der Waals surface area contributed by atoms with Crippen LogP contribution in [0.2, 0.25) is 5.02 Å². The predicted molar refractivity (Wildman–Crippen MR) is 131 cm³/mol. The number of methoxy groups -OCH3 is 1. The number of alkyl halides is 1. The summed E-state index contributed by atoms with van der Waals surface area (Å²) in [5.41, 5.74) is 1.16. The lowest BCUT2D eigenvalue weighted by Crippen LogP contribution is -2.42. The number of hydrogen-bond acceptors (Lipinski definition) is 7. The number of amides is 1. The molecule has 35 heavy (non-hydrogen) atoms. The number of rotatable bonds is 8. The van der Waals surface area contributed by atoms with Crippen LogP contribution in [0.25, 0.3) is 16.9 Å². The van der Waals surface area contributed by atoms with E-state index in [0.29, 0.717) is 27.6 Å². The molecule has 11 heteroatoms. The lowest BCUT2D eigenvalue weighted by molar-refractivity contribution is -0.00177. The van der Waals surface area contributed by atoms with Gasteiger partial charge in [-0.2, -0.15) is 5.10 Å². The van der Waals surface area contributed by atoms with Crippen molar-refractivity contribution < 1.29 is 19.0 Å². The molecule has 9 nitrogen and oxygen atoms in total. The third kappa shape index (κ3) is 5.88. The summed E-state index contributed by atoms with van der Waals surface area (Å²) in [6.07, 6.45) is 8.53. The summed E-state index contributed by atoms with van der Waals surface area (Å²) in [5, 5.41) is 20.7. The number of fused-ring (bicyclic) bond motifs is 1. The number of hydrogen-bond donors (Lipinski definition) is 3. The zero-order valence-electron chi connectivity index (χ0n) is 20.0. The fourth-order valence-electron chi connectivity index (χ4n) is 4.13. The molecule has 3 heterocycles. The topological polar surface area (TPSA) is 114 Å². The van der Waals surface area contributed by atoms with Crippen molar-refractivity contribution in [3.63, 3.8) is 0 Å². The highest BCUT2D eigenvalue weighted by molar-refractivity contribution is 6.30. The van der Waals surface area contributed by atoms with Crippen LogP contribution in [0.5, 0.6) is 0 Å². The van der Waals surface area contributed by atoms with Gasteiger partial charge in [-0.15, -0.1) is 0 Å². The van der Waals surface area contributed by atoms with Gasteiger partial charge in [0, 0.05) is 25.5 Å². The molecule has 188 valence electrons. The molecule has 0 bridgehead atoms. The number of pyridine rings is 1. The first-order chi connectivity index (χ1) is 16.7. The molecule has 1 atom stereocenters. The summed E-state index contributed by atoms with van der Waals surface area (Å²) >= 11 is 6.02. The van der Waals surface area contributed by atoms with Crippen molar-refractivity contribution in [3.05, 3.63) is 41.4 Å². The summed E-state index contributed by atoms with van der Waals surface area (Å²) in [4.78, 5) is 21.8. The summed E-state index contributed by atoms with van der Waals surface area (Å²) in [6.45, 7) is 2.41. The lowest BCUT2D eigenvalue weighted by Gasteiger charge is -2.29. The van der Waals surface area contributed by atoms with Gasteiger partial charge >= 0.3 is 0 Å². The number of aromatic nitrogens is 4. The zero-order valence-corrected chi connectivity index (χ0v) is 20.7. The van der Waals surface area contributed by atoms with Crippen LogP contribution < -0.4 is 10.6 Å². The van der Waals surface area contributed by atoms with Crippen LogP contribution in [-0.2, 0) is 4.74 Å². The van der Waals surface area contributed by atoms with Crippen molar-refractivity contribution in [2.75, 3.05) is 19.0 Å². The molecule has 0 aliphatic heterocycles. The number of nitrogens with zero attached hydrogens (tertiary/aromatic N) is 4. The second kappa shape index (κ2) is 10.4. The molecule has 0 saturated heterocycles. The van der Waals surface area contributed by atoms with E-state index < -0.39 is 17.7 Å². The highest BCUT2D eigenvalue weighted by atomic mass is 35.5. The Morgan fingerprint density at radius 3 is 2.71 bits per heavy atom. The second-order valence-electron chi connectivity index (χ2n) is 9.40. The van der Waals surface area contributed by atoms with Crippen LogP contribution in [0, 0.1) is 0 Å². The van der Waals surface area contributed by atoms with E-state index >= 15 is 0 Å². The van der Waals surface area contributed by atoms with Gasteiger partial charge in [-0.1, -0.05) is 11.6 Å². The van der Waals surface area contributed by atoms with Crippen LogP contribution in [0.3, 0.4) is 0 Å². The Bertz CT molecular complexity index is 1190. The minimum Gasteiger partial charge on any atom is -0.387 e. The highest BCUT2D eigenvalue weighted by Crippen LogP contribution is 2.30. The summed E-state index contributed by atoms with van der Waals surface area (Å²) in [7, 11) is 1.72. The highest BCUT2D eigenvalue weighted by Gasteiger charge is 2.28. The van der Waals surface area contributed by atoms with E-state index in [1.165, 1.54) is 26.2 Å². The van der Waals surface area contributed by atoms with Crippen molar-refractivity contribution in [1.29, 1.82) is 0 Å². The average Bonchev–Trinajstić information content (AvgIpc) is 3.25. The smallest absolute Gasteiger partial charge is 0.255 e. The van der Waals surface area contributed by atoms with E-state index in [-0.39, 0.29) is 24.3 Å². The molecule has 3 aromatic rings. The van der Waals surface area contributed by atoms with Crippen molar-refractivity contribution in [1.82, 2.24) is 24.9 Å². The molecule has 3 N–H and O–H groups in total. The van der Waals surface area contributed by atoms with Crippen LogP contribution >= 0.6 is 11.6 Å². The fraction of sp³-hybridized carbons (Fsp3) is 0.500. The normalized spacial score (nSPS) is 19.5. The molecule has 3 aromatic heterocycles. The molecular formula is C24H30ClFN6O3. The first-order valence-corrected chi connectivity index (χ1v) is 12.0. The number of anilines is 1. The molecule has 1 amide bonds. The Hall–Kier alpha value is -2.82. The Morgan fingerprint density at radius 1 is 1.29 bits per heavy atom. The fourth-order valence-corrected chi connectivity index (χ4v) is 4.27. The number of carbonyl (C=O) groups is 1. The van der Waals surface area contributed by atoms with E-state index in [4.69, 9.17) is 16.3 Å². The number of ether oxygens (including phenoxy) is 1. The van der Waals surface area contributed by atoms with Crippen molar-refractivity contribution in [2.45, 2.75) is 63.4 Å². The molecule has 0 aromatic carbocycles. The maximum atomic E-state index is 14.2. The molecule has 0 radical (unpaired) electrons. The minimum atomic E-state index is -1.61. The molecule has 1 aliphatic rings. The van der Waals surface area contributed by atoms with Crippen LogP contribution in [0.15, 0.2) is 30.9 Å². The molecule has 0 unspecified atom stereocenters. The van der Waals surface area contributed by atoms with Gasteiger partial charge < -0.3 is 20.5 Å². The van der Waals surface area contributed by atoms with Gasteiger partial charge in [0.05, 0.1) is 58.2 Å². The van der Waals surface area contributed by atoms with E-state index in [0.717, 1.165) is 25.7 Å². The van der Waals surface area contributed by atoms with Gasteiger partial charge in [-0.3, -0.25) is 9.78 Å². The first kappa shape index (κ1) is 25.3. The van der Waals surface area contributed by atoms with Gasteiger partial charge in [0.25, 0.3) is 5.91 Å². The third-order valence-corrected chi connectivity index (χ3v) is 6.52. The van der Waals surface area contributed by atoms with Crippen molar-refractivity contribution in [2.24, 2.45) is 0 Å².